The van der Waals surface area contributed by atoms with Gasteiger partial charge in [-0.2, -0.15) is 0 Å². The highest BCUT2D eigenvalue weighted by molar-refractivity contribution is 6.52. The monoisotopic (exact) mass is 511 g/mol. The second-order valence-electron chi connectivity index (χ2n) is 9.33. The summed E-state index contributed by atoms with van der Waals surface area (Å²) < 4.78 is 6.22. The van der Waals surface area contributed by atoms with Gasteiger partial charge in [0.2, 0.25) is 17.5 Å². The van der Waals surface area contributed by atoms with Gasteiger partial charge in [-0.3, -0.25) is 24.4 Å². The lowest BCUT2D eigenvalue weighted by atomic mass is 9.86. The maximum atomic E-state index is 13.8. The van der Waals surface area contributed by atoms with Gasteiger partial charge in [0.15, 0.2) is 11.5 Å². The van der Waals surface area contributed by atoms with E-state index in [0.29, 0.717) is 40.4 Å². The number of fused-ring (bicyclic) bond motifs is 5. The minimum absolute atomic E-state index is 0.0153. The van der Waals surface area contributed by atoms with Crippen molar-refractivity contribution in [3.05, 3.63) is 130 Å². The predicted molar refractivity (Wildman–Crippen MR) is 148 cm³/mol. The molecule has 7 heteroatoms. The summed E-state index contributed by atoms with van der Waals surface area (Å²) in [6, 6.07) is 23.7. The summed E-state index contributed by atoms with van der Waals surface area (Å²) in [5, 5.41) is 3.77. The number of nitrogens with zero attached hydrogens (tertiary/aromatic N) is 3. The molecule has 0 unspecified atom stereocenters. The fourth-order valence-corrected chi connectivity index (χ4v) is 5.40. The first-order valence-corrected chi connectivity index (χ1v) is 12.7. The van der Waals surface area contributed by atoms with Gasteiger partial charge >= 0.3 is 0 Å². The van der Waals surface area contributed by atoms with E-state index in [-0.39, 0.29) is 34.4 Å². The van der Waals surface area contributed by atoms with Crippen LogP contribution in [0.15, 0.2) is 101 Å². The van der Waals surface area contributed by atoms with Crippen molar-refractivity contribution in [2.24, 2.45) is 4.99 Å². The van der Waals surface area contributed by atoms with Crippen LogP contribution in [-0.2, 0) is 0 Å². The van der Waals surface area contributed by atoms with Crippen LogP contribution in [0.2, 0.25) is 0 Å². The van der Waals surface area contributed by atoms with Gasteiger partial charge in [0.1, 0.15) is 5.71 Å². The van der Waals surface area contributed by atoms with E-state index in [9.17, 15) is 14.4 Å². The van der Waals surface area contributed by atoms with Crippen LogP contribution in [0.3, 0.4) is 0 Å². The molecule has 1 aliphatic heterocycles. The smallest absolute Gasteiger partial charge is 0.230 e. The number of anilines is 2. The Morgan fingerprint density at radius 2 is 1.41 bits per heavy atom. The Balaban J connectivity index is 1.43. The number of rotatable bonds is 3. The van der Waals surface area contributed by atoms with Gasteiger partial charge in [0.25, 0.3) is 0 Å². The zero-order chi connectivity index (χ0) is 26.7. The third kappa shape index (κ3) is 3.30. The van der Waals surface area contributed by atoms with Crippen molar-refractivity contribution >= 4 is 46.4 Å². The van der Waals surface area contributed by atoms with Crippen LogP contribution < -0.4 is 5.01 Å². The Morgan fingerprint density at radius 3 is 2.15 bits per heavy atom. The zero-order valence-electron chi connectivity index (χ0n) is 20.9. The number of para-hydroxylation sites is 1. The Kier molecular flexibility index (Phi) is 5.06. The average molecular weight is 512 g/mol. The summed E-state index contributed by atoms with van der Waals surface area (Å²) in [5.41, 5.74) is 4.43. The van der Waals surface area contributed by atoms with Crippen molar-refractivity contribution in [1.82, 2.24) is 5.01 Å². The maximum Gasteiger partial charge on any atom is 0.230 e. The van der Waals surface area contributed by atoms with Gasteiger partial charge in [-0.15, -0.1) is 0 Å². The van der Waals surface area contributed by atoms with E-state index in [1.54, 1.807) is 42.6 Å². The molecule has 7 rings (SSSR count). The Labute approximate surface area is 224 Å². The van der Waals surface area contributed by atoms with E-state index in [1.165, 1.54) is 0 Å². The van der Waals surface area contributed by atoms with Crippen LogP contribution in [0.1, 0.15) is 60.4 Å². The fourth-order valence-electron chi connectivity index (χ4n) is 5.40. The van der Waals surface area contributed by atoms with Crippen molar-refractivity contribution in [3.8, 4) is 0 Å². The molecular formula is C32H21N3O4. The summed E-state index contributed by atoms with van der Waals surface area (Å²) in [4.78, 5) is 45.0. The zero-order valence-corrected chi connectivity index (χ0v) is 20.9. The standard InChI is InChI=1S/C32H21N3O4/c1-2-34-25(18-33-24-17-16-19-10-6-7-13-21(19)28(24)36)26-27-29(37)22-14-8-9-15-23(22)30(38)31(27)39-32(26)35(34)20-11-4-3-5-12-20/h3-18H,2H2,1H3. The second kappa shape index (κ2) is 8.63. The van der Waals surface area contributed by atoms with Crippen LogP contribution in [0.5, 0.6) is 0 Å². The largest absolute Gasteiger partial charge is 0.433 e. The maximum absolute atomic E-state index is 13.8. The molecule has 0 bridgehead atoms. The van der Waals surface area contributed by atoms with E-state index in [1.807, 2.05) is 71.5 Å². The predicted octanol–water partition coefficient (Wildman–Crippen LogP) is 6.09. The van der Waals surface area contributed by atoms with Gasteiger partial charge in [0.05, 0.1) is 28.7 Å². The number of furan rings is 1. The van der Waals surface area contributed by atoms with Gasteiger partial charge in [-0.25, -0.2) is 5.01 Å². The number of aliphatic imine (C=N–C) groups is 1. The Hall–Kier alpha value is -5.30. The topological polar surface area (TPSA) is 83.2 Å². The molecule has 0 saturated carbocycles. The first-order chi connectivity index (χ1) is 19.1. The van der Waals surface area contributed by atoms with Crippen molar-refractivity contribution in [1.29, 1.82) is 0 Å². The van der Waals surface area contributed by atoms with Crippen LogP contribution in [0.25, 0.3) is 11.8 Å². The van der Waals surface area contributed by atoms with E-state index in [2.05, 4.69) is 4.99 Å². The molecule has 0 spiro atoms. The highest BCUT2D eigenvalue weighted by atomic mass is 16.4. The first kappa shape index (κ1) is 22.9. The van der Waals surface area contributed by atoms with E-state index in [4.69, 9.17) is 4.42 Å². The molecule has 0 radical (unpaired) electrons. The van der Waals surface area contributed by atoms with Crippen LogP contribution in [0.4, 0.5) is 11.6 Å². The van der Waals surface area contributed by atoms with Gasteiger partial charge in [0, 0.05) is 23.2 Å². The third-order valence-corrected chi connectivity index (χ3v) is 7.19. The summed E-state index contributed by atoms with van der Waals surface area (Å²) in [7, 11) is 0. The molecule has 39 heavy (non-hydrogen) atoms. The van der Waals surface area contributed by atoms with E-state index >= 15 is 0 Å². The molecular weight excluding hydrogens is 490 g/mol. The number of ketones is 3. The molecule has 0 N–H and O–H groups in total. The number of hydrogen-bond acceptors (Lipinski definition) is 7. The second-order valence-corrected chi connectivity index (χ2v) is 9.33. The average Bonchev–Trinajstić information content (AvgIpc) is 3.51. The molecule has 4 aromatic rings. The van der Waals surface area contributed by atoms with Crippen LogP contribution in [-0.4, -0.2) is 34.6 Å². The molecule has 7 nitrogen and oxygen atoms in total. The molecule has 2 heterocycles. The number of hydrogen-bond donors (Lipinski definition) is 0. The summed E-state index contributed by atoms with van der Waals surface area (Å²) in [5.74, 6) is -0.414. The summed E-state index contributed by atoms with van der Waals surface area (Å²) in [6.45, 7) is 2.48. The quantitative estimate of drug-likeness (QED) is 0.291. The number of carbonyl (C=O) groups excluding carboxylic acids is 3. The number of allylic oxidation sites excluding steroid dienone is 1. The van der Waals surface area contributed by atoms with Crippen LogP contribution >= 0.6 is 0 Å². The summed E-state index contributed by atoms with van der Waals surface area (Å²) >= 11 is 0. The molecule has 0 fully saturated rings. The lowest BCUT2D eigenvalue weighted by molar-refractivity contribution is 0.0960. The third-order valence-electron chi connectivity index (χ3n) is 7.19. The minimum atomic E-state index is -0.335. The van der Waals surface area contributed by atoms with Gasteiger partial charge < -0.3 is 4.42 Å². The minimum Gasteiger partial charge on any atom is -0.433 e. The SMILES string of the molecule is CCN1C(=CN=C2C=Cc3ccccc3C2=O)c2c(oc3c2C(=O)c2ccccc2C3=O)N1c1ccccc1. The number of carbonyl (C=O) groups is 3. The molecule has 3 aromatic carbocycles. The highest BCUT2D eigenvalue weighted by Gasteiger charge is 2.45. The molecule has 188 valence electrons. The van der Waals surface area contributed by atoms with Crippen molar-refractivity contribution in [2.45, 2.75) is 6.92 Å². The first-order valence-electron chi connectivity index (χ1n) is 12.7. The number of hydrazine groups is 1. The molecule has 1 aromatic heterocycles. The van der Waals surface area contributed by atoms with Gasteiger partial charge in [-0.05, 0) is 30.7 Å². The number of Topliss-reactive ketones (excluding diaryl/α,β-unsaturated/α-hetero) is 1. The van der Waals surface area contributed by atoms with Crippen molar-refractivity contribution in [2.75, 3.05) is 11.6 Å². The normalized spacial score (nSPS) is 17.5. The molecule has 0 saturated heterocycles. The molecule has 0 amide bonds. The lowest BCUT2D eigenvalue weighted by Gasteiger charge is -2.30. The lowest BCUT2D eigenvalue weighted by Crippen LogP contribution is -2.33. The van der Waals surface area contributed by atoms with Crippen LogP contribution in [0, 0.1) is 0 Å². The molecule has 0 atom stereocenters. The van der Waals surface area contributed by atoms with Crippen molar-refractivity contribution < 1.29 is 18.8 Å². The fraction of sp³-hybridized carbons (Fsp3) is 0.0625. The Bertz CT molecular complexity index is 1810. The van der Waals surface area contributed by atoms with Gasteiger partial charge in [-0.1, -0.05) is 72.8 Å². The highest BCUT2D eigenvalue weighted by Crippen LogP contribution is 2.50. The molecule has 3 aliphatic rings. The van der Waals surface area contributed by atoms with E-state index in [0.717, 1.165) is 11.3 Å². The Morgan fingerprint density at radius 1 is 0.744 bits per heavy atom. The molecule has 2 aliphatic carbocycles. The van der Waals surface area contributed by atoms with Crippen molar-refractivity contribution in [3.63, 3.8) is 0 Å². The summed E-state index contributed by atoms with van der Waals surface area (Å²) in [6.07, 6.45) is 5.14. The number of benzene rings is 3. The van der Waals surface area contributed by atoms with E-state index < -0.39 is 0 Å².